The Balaban J connectivity index is 1.59. The van der Waals surface area contributed by atoms with Gasteiger partial charge in [0.2, 0.25) is 0 Å². The van der Waals surface area contributed by atoms with Crippen LogP contribution in [-0.2, 0) is 16.5 Å². The molecule has 9 heteroatoms. The van der Waals surface area contributed by atoms with Gasteiger partial charge in [0, 0.05) is 0 Å². The molecule has 0 unspecified atom stereocenters. The second-order valence-corrected chi connectivity index (χ2v) is 16.2. The van der Waals surface area contributed by atoms with Crippen molar-refractivity contribution in [2.24, 2.45) is 0 Å². The molecule has 1 aliphatic rings. The number of benzene rings is 4. The number of hydrogen-bond acceptors (Lipinski definition) is 5. The fourth-order valence-corrected chi connectivity index (χ4v) is 15.9. The molecule has 4 aromatic carbocycles. The largest absolute Gasteiger partial charge is 0.556 e. The lowest BCUT2D eigenvalue weighted by Gasteiger charge is -2.39. The third-order valence-corrected chi connectivity index (χ3v) is 16.5. The molecule has 0 spiro atoms. The van der Waals surface area contributed by atoms with Crippen LogP contribution in [0.2, 0.25) is 0 Å². The molecule has 0 atom stereocenters. The van der Waals surface area contributed by atoms with Crippen LogP contribution in [0, 0.1) is 0 Å². The zero-order valence-electron chi connectivity index (χ0n) is 17.6. The van der Waals surface area contributed by atoms with Crippen molar-refractivity contribution < 1.29 is 21.3 Å². The number of hydrogen-bond donors (Lipinski definition) is 1. The van der Waals surface area contributed by atoms with Crippen LogP contribution in [0.4, 0.5) is 0 Å². The quantitative estimate of drug-likeness (QED) is 0.425. The molecular formula is C24H21O5Si4. The Morgan fingerprint density at radius 2 is 0.758 bits per heavy atom. The van der Waals surface area contributed by atoms with Crippen LogP contribution >= 0.6 is 0 Å². The highest BCUT2D eigenvalue weighted by Gasteiger charge is 2.54. The van der Waals surface area contributed by atoms with Crippen molar-refractivity contribution in [3.05, 3.63) is 121 Å². The summed E-state index contributed by atoms with van der Waals surface area (Å²) in [7, 11) is -9.64. The van der Waals surface area contributed by atoms with Gasteiger partial charge in [-0.25, -0.2) is 0 Å². The molecule has 163 valence electrons. The van der Waals surface area contributed by atoms with Crippen molar-refractivity contribution in [3.63, 3.8) is 0 Å². The highest BCUT2D eigenvalue weighted by Crippen LogP contribution is 2.19. The first kappa shape index (κ1) is 22.3. The van der Waals surface area contributed by atoms with E-state index in [2.05, 4.69) is 0 Å². The molecule has 1 aliphatic heterocycles. The first-order valence-corrected chi connectivity index (χ1v) is 16.2. The van der Waals surface area contributed by atoms with Gasteiger partial charge in [-0.05, 0) is 20.7 Å². The zero-order chi connectivity index (χ0) is 22.6. The summed E-state index contributed by atoms with van der Waals surface area (Å²) in [5.74, 6) is 0. The summed E-state index contributed by atoms with van der Waals surface area (Å²) in [6, 6.07) is 39.1. The second kappa shape index (κ2) is 9.81. The highest BCUT2D eigenvalue weighted by molar-refractivity contribution is 7.02. The van der Waals surface area contributed by atoms with E-state index in [-0.39, 0.29) is 10.0 Å². The van der Waals surface area contributed by atoms with Gasteiger partial charge in [-0.15, -0.1) is 0 Å². The standard InChI is InChI=1S/C24H21O5Si4/c25-31-28-32(21-13-5-1-6-14-21,22-15-7-2-8-16-22)26-30-27-33(29-31,23-17-9-3-10-18-23)24-19-11-4-12-20-24/h1-20,25H. The SMILES string of the molecule is O[Si]1O[Si](c2ccccc2)(c2ccccc2)O[Si]O[Si](c2ccccc2)(c2ccccc2)O1. The number of rotatable bonds is 4. The van der Waals surface area contributed by atoms with Crippen LogP contribution in [0.5, 0.6) is 0 Å². The lowest BCUT2D eigenvalue weighted by atomic mass is 10.4. The smallest absolute Gasteiger partial charge is 0.407 e. The van der Waals surface area contributed by atoms with Gasteiger partial charge < -0.3 is 21.3 Å². The Morgan fingerprint density at radius 1 is 0.485 bits per heavy atom. The Hall–Kier alpha value is -2.45. The molecule has 3 radical (unpaired) electrons. The third-order valence-electron chi connectivity index (χ3n) is 5.45. The van der Waals surface area contributed by atoms with Crippen molar-refractivity contribution in [1.29, 1.82) is 0 Å². The highest BCUT2D eigenvalue weighted by atomic mass is 28.5. The average molecular weight is 502 g/mol. The van der Waals surface area contributed by atoms with Crippen molar-refractivity contribution in [3.8, 4) is 0 Å². The van der Waals surface area contributed by atoms with E-state index in [0.717, 1.165) is 20.7 Å². The van der Waals surface area contributed by atoms with E-state index in [1.54, 1.807) is 0 Å². The Labute approximate surface area is 199 Å². The lowest BCUT2D eigenvalue weighted by Crippen LogP contribution is -2.73. The monoisotopic (exact) mass is 501 g/mol. The predicted molar refractivity (Wildman–Crippen MR) is 134 cm³/mol. The predicted octanol–water partition coefficient (Wildman–Crippen LogP) is 1.09. The summed E-state index contributed by atoms with van der Waals surface area (Å²) in [4.78, 5) is 11.3. The topological polar surface area (TPSA) is 57.2 Å². The van der Waals surface area contributed by atoms with Crippen molar-refractivity contribution in [2.75, 3.05) is 0 Å². The van der Waals surface area contributed by atoms with Crippen molar-refractivity contribution in [2.45, 2.75) is 0 Å². The zero-order valence-corrected chi connectivity index (χ0v) is 21.6. The van der Waals surface area contributed by atoms with E-state index < -0.39 is 26.6 Å². The third kappa shape index (κ3) is 4.38. The van der Waals surface area contributed by atoms with Gasteiger partial charge in [-0.1, -0.05) is 121 Å². The molecule has 0 aliphatic carbocycles. The summed E-state index contributed by atoms with van der Waals surface area (Å²) >= 11 is 0. The molecule has 5 nitrogen and oxygen atoms in total. The summed E-state index contributed by atoms with van der Waals surface area (Å²) in [6.07, 6.45) is 0. The van der Waals surface area contributed by atoms with Crippen LogP contribution in [0.25, 0.3) is 0 Å². The minimum absolute atomic E-state index is 0.336. The lowest BCUT2D eigenvalue weighted by molar-refractivity contribution is 0.228. The molecule has 0 saturated carbocycles. The van der Waals surface area contributed by atoms with E-state index in [0.29, 0.717) is 0 Å². The fraction of sp³-hybridized carbons (Fsp3) is 0. The molecule has 1 fully saturated rings. The van der Waals surface area contributed by atoms with Gasteiger partial charge in [0.15, 0.2) is 0 Å². The molecule has 0 bridgehead atoms. The maximum atomic E-state index is 11.3. The van der Waals surface area contributed by atoms with Gasteiger partial charge in [0.05, 0.1) is 0 Å². The van der Waals surface area contributed by atoms with E-state index in [4.69, 9.17) is 16.5 Å². The fourth-order valence-electron chi connectivity index (χ4n) is 3.88. The molecule has 4 aromatic rings. The Kier molecular flexibility index (Phi) is 6.64. The first-order chi connectivity index (χ1) is 16.2. The summed E-state index contributed by atoms with van der Waals surface area (Å²) < 4.78 is 26.0. The van der Waals surface area contributed by atoms with E-state index in [1.165, 1.54) is 0 Å². The van der Waals surface area contributed by atoms with Crippen LogP contribution in [0.3, 0.4) is 0 Å². The molecule has 1 heterocycles. The van der Waals surface area contributed by atoms with Gasteiger partial charge >= 0.3 is 36.7 Å². The average Bonchev–Trinajstić information content (AvgIpc) is 2.88. The van der Waals surface area contributed by atoms with Crippen molar-refractivity contribution >= 4 is 57.4 Å². The molecule has 0 aromatic heterocycles. The van der Waals surface area contributed by atoms with Gasteiger partial charge in [0.25, 0.3) is 0 Å². The van der Waals surface area contributed by atoms with Crippen LogP contribution in [0.15, 0.2) is 121 Å². The van der Waals surface area contributed by atoms with Crippen LogP contribution < -0.4 is 20.7 Å². The minimum Gasteiger partial charge on any atom is -0.407 e. The molecular weight excluding hydrogens is 481 g/mol. The molecule has 33 heavy (non-hydrogen) atoms. The Morgan fingerprint density at radius 3 is 1.03 bits per heavy atom. The first-order valence-electron chi connectivity index (χ1n) is 10.5. The van der Waals surface area contributed by atoms with E-state index >= 15 is 0 Å². The van der Waals surface area contributed by atoms with Gasteiger partial charge in [-0.3, -0.25) is 0 Å². The van der Waals surface area contributed by atoms with E-state index in [9.17, 15) is 4.80 Å². The Bertz CT molecular complexity index is 995. The maximum Gasteiger partial charge on any atom is 0.556 e. The molecule has 1 saturated heterocycles. The summed E-state index contributed by atoms with van der Waals surface area (Å²) in [6.45, 7) is 0. The summed E-state index contributed by atoms with van der Waals surface area (Å²) in [5, 5.41) is 3.56. The molecule has 0 amide bonds. The van der Waals surface area contributed by atoms with Gasteiger partial charge in [0.1, 0.15) is 0 Å². The molecule has 5 rings (SSSR count). The van der Waals surface area contributed by atoms with Gasteiger partial charge in [-0.2, -0.15) is 0 Å². The second-order valence-electron chi connectivity index (χ2n) is 7.45. The summed E-state index contributed by atoms with van der Waals surface area (Å²) in [5.41, 5.74) is 0. The van der Waals surface area contributed by atoms with Crippen molar-refractivity contribution in [1.82, 2.24) is 0 Å². The minimum atomic E-state index is -3.27. The maximum absolute atomic E-state index is 11.3. The van der Waals surface area contributed by atoms with E-state index in [1.807, 2.05) is 121 Å². The van der Waals surface area contributed by atoms with Crippen LogP contribution in [0.1, 0.15) is 0 Å². The normalized spacial score (nSPS) is 18.2. The van der Waals surface area contributed by atoms with Crippen LogP contribution in [-0.4, -0.2) is 41.5 Å². The molecule has 1 N–H and O–H groups in total.